The largest absolute Gasteiger partial charge is 0.488 e. The maximum Gasteiger partial charge on any atom is 0.488 e. The van der Waals surface area contributed by atoms with Crippen molar-refractivity contribution in [2.75, 3.05) is 19.8 Å². The zero-order valence-electron chi connectivity index (χ0n) is 10.3. The highest BCUT2D eigenvalue weighted by Crippen LogP contribution is 2.12. The average molecular weight is 253 g/mol. The maximum atomic E-state index is 13.1. The highest BCUT2D eigenvalue weighted by Gasteiger charge is 2.22. The topological polar surface area (TPSA) is 52.9 Å². The maximum absolute atomic E-state index is 13.1. The summed E-state index contributed by atoms with van der Waals surface area (Å²) in [4.78, 5) is 2.18. The van der Waals surface area contributed by atoms with Gasteiger partial charge in [0.05, 0.1) is 13.2 Å². The summed E-state index contributed by atoms with van der Waals surface area (Å²) >= 11 is 0. The molecule has 0 aromatic heterocycles. The molecule has 0 bridgehead atoms. The molecule has 1 fully saturated rings. The number of rotatable bonds is 3. The fraction of sp³-hybridized carbons (Fsp3) is 0.500. The second-order valence-electron chi connectivity index (χ2n) is 4.61. The van der Waals surface area contributed by atoms with Crippen LogP contribution in [0.15, 0.2) is 18.2 Å². The van der Waals surface area contributed by atoms with Crippen molar-refractivity contribution in [1.82, 2.24) is 4.90 Å². The first-order chi connectivity index (χ1) is 8.58. The molecule has 0 spiro atoms. The minimum atomic E-state index is -1.65. The lowest BCUT2D eigenvalue weighted by atomic mass is 9.76. The van der Waals surface area contributed by atoms with Gasteiger partial charge in [0.25, 0.3) is 0 Å². The normalized spacial score (nSPS) is 21.0. The first-order valence-electron chi connectivity index (χ1n) is 6.04. The first-order valence-corrected chi connectivity index (χ1v) is 6.04. The monoisotopic (exact) mass is 253 g/mol. The second kappa shape index (κ2) is 5.80. The van der Waals surface area contributed by atoms with E-state index in [1.165, 1.54) is 12.1 Å². The fourth-order valence-electron chi connectivity index (χ4n) is 2.17. The highest BCUT2D eigenvalue weighted by molar-refractivity contribution is 6.59. The van der Waals surface area contributed by atoms with E-state index >= 15 is 0 Å². The fourth-order valence-corrected chi connectivity index (χ4v) is 2.17. The molecule has 0 aliphatic carbocycles. The van der Waals surface area contributed by atoms with Crippen molar-refractivity contribution in [3.05, 3.63) is 29.6 Å². The van der Waals surface area contributed by atoms with E-state index in [4.69, 9.17) is 4.74 Å². The van der Waals surface area contributed by atoms with E-state index in [2.05, 4.69) is 11.8 Å². The lowest BCUT2D eigenvalue weighted by Crippen LogP contribution is -2.45. The van der Waals surface area contributed by atoms with Gasteiger partial charge in [-0.05, 0) is 30.1 Å². The van der Waals surface area contributed by atoms with Gasteiger partial charge in [-0.2, -0.15) is 0 Å². The molecule has 18 heavy (non-hydrogen) atoms. The Bertz CT molecular complexity index is 416. The molecule has 1 aliphatic heterocycles. The van der Waals surface area contributed by atoms with Gasteiger partial charge < -0.3 is 14.8 Å². The molecule has 0 radical (unpaired) electrons. The van der Waals surface area contributed by atoms with Gasteiger partial charge in [0.1, 0.15) is 5.82 Å². The summed E-state index contributed by atoms with van der Waals surface area (Å²) in [6.07, 6.45) is 0. The molecular weight excluding hydrogens is 236 g/mol. The smallest absolute Gasteiger partial charge is 0.423 e. The van der Waals surface area contributed by atoms with Crippen molar-refractivity contribution >= 4 is 12.6 Å². The van der Waals surface area contributed by atoms with Crippen LogP contribution >= 0.6 is 0 Å². The van der Waals surface area contributed by atoms with Gasteiger partial charge in [-0.3, -0.25) is 4.90 Å². The van der Waals surface area contributed by atoms with Crippen LogP contribution in [-0.2, 0) is 11.3 Å². The van der Waals surface area contributed by atoms with E-state index < -0.39 is 12.9 Å². The molecule has 1 aromatic rings. The summed E-state index contributed by atoms with van der Waals surface area (Å²) in [6.45, 7) is 4.75. The van der Waals surface area contributed by atoms with Crippen LogP contribution in [0.4, 0.5) is 4.39 Å². The van der Waals surface area contributed by atoms with Crippen LogP contribution in [0.25, 0.3) is 0 Å². The predicted molar refractivity (Wildman–Crippen MR) is 66.9 cm³/mol. The van der Waals surface area contributed by atoms with E-state index in [-0.39, 0.29) is 11.5 Å². The molecule has 98 valence electrons. The SMILES string of the molecule is CC1COCCN1Cc1ccc(F)cc1B(O)O. The zero-order chi connectivity index (χ0) is 13.1. The van der Waals surface area contributed by atoms with E-state index in [0.29, 0.717) is 19.8 Å². The third-order valence-electron chi connectivity index (χ3n) is 3.26. The Morgan fingerprint density at radius 1 is 1.50 bits per heavy atom. The van der Waals surface area contributed by atoms with Gasteiger partial charge in [-0.25, -0.2) is 4.39 Å². The van der Waals surface area contributed by atoms with Crippen molar-refractivity contribution < 1.29 is 19.2 Å². The number of morpholine rings is 1. The van der Waals surface area contributed by atoms with Crippen LogP contribution in [-0.4, -0.2) is 47.9 Å². The summed E-state index contributed by atoms with van der Waals surface area (Å²) in [6, 6.07) is 4.39. The molecule has 1 unspecified atom stereocenters. The van der Waals surface area contributed by atoms with Gasteiger partial charge in [-0.15, -0.1) is 0 Å². The molecule has 4 nitrogen and oxygen atoms in total. The predicted octanol–water partition coefficient (Wildman–Crippen LogP) is -0.274. The molecule has 1 aromatic carbocycles. The molecular formula is C12H17BFNO3. The van der Waals surface area contributed by atoms with Gasteiger partial charge in [0.15, 0.2) is 0 Å². The van der Waals surface area contributed by atoms with E-state index in [1.807, 2.05) is 0 Å². The minimum Gasteiger partial charge on any atom is -0.423 e. The van der Waals surface area contributed by atoms with Crippen molar-refractivity contribution in [3.63, 3.8) is 0 Å². The van der Waals surface area contributed by atoms with Crippen LogP contribution in [0, 0.1) is 5.82 Å². The first kappa shape index (κ1) is 13.5. The van der Waals surface area contributed by atoms with Gasteiger partial charge in [0.2, 0.25) is 0 Å². The van der Waals surface area contributed by atoms with Gasteiger partial charge >= 0.3 is 7.12 Å². The number of benzene rings is 1. The Morgan fingerprint density at radius 2 is 2.28 bits per heavy atom. The Kier molecular flexibility index (Phi) is 4.34. The van der Waals surface area contributed by atoms with E-state index in [9.17, 15) is 14.4 Å². The summed E-state index contributed by atoms with van der Waals surface area (Å²) in [7, 11) is -1.65. The third kappa shape index (κ3) is 3.08. The summed E-state index contributed by atoms with van der Waals surface area (Å²) in [5.74, 6) is -0.461. The molecule has 0 amide bonds. The summed E-state index contributed by atoms with van der Waals surface area (Å²) in [5, 5.41) is 18.5. The Morgan fingerprint density at radius 3 is 2.94 bits per heavy atom. The summed E-state index contributed by atoms with van der Waals surface area (Å²) in [5.41, 5.74) is 0.967. The molecule has 1 saturated heterocycles. The second-order valence-corrected chi connectivity index (χ2v) is 4.61. The van der Waals surface area contributed by atoms with Crippen LogP contribution < -0.4 is 5.46 Å². The Labute approximate surface area is 106 Å². The highest BCUT2D eigenvalue weighted by atomic mass is 19.1. The number of hydrogen-bond donors (Lipinski definition) is 2. The lowest BCUT2D eigenvalue weighted by molar-refractivity contribution is -0.00427. The molecule has 2 rings (SSSR count). The minimum absolute atomic E-state index is 0.230. The molecule has 2 N–H and O–H groups in total. The van der Waals surface area contributed by atoms with Crippen molar-refractivity contribution in [3.8, 4) is 0 Å². The Hall–Kier alpha value is -0.945. The standard InChI is InChI=1S/C12H17BFNO3/c1-9-8-18-5-4-15(9)7-10-2-3-11(14)6-12(10)13(16)17/h2-3,6,9,16-17H,4-5,7-8H2,1H3. The zero-order valence-corrected chi connectivity index (χ0v) is 10.3. The summed E-state index contributed by atoms with van der Waals surface area (Å²) < 4.78 is 18.5. The number of nitrogens with zero attached hydrogens (tertiary/aromatic N) is 1. The van der Waals surface area contributed by atoms with Crippen molar-refractivity contribution in [2.24, 2.45) is 0 Å². The molecule has 6 heteroatoms. The van der Waals surface area contributed by atoms with Gasteiger partial charge in [0, 0.05) is 19.1 Å². The van der Waals surface area contributed by atoms with Crippen LogP contribution in [0.2, 0.25) is 0 Å². The molecule has 1 aliphatic rings. The lowest BCUT2D eigenvalue weighted by Gasteiger charge is -2.33. The van der Waals surface area contributed by atoms with Crippen LogP contribution in [0.1, 0.15) is 12.5 Å². The average Bonchev–Trinajstić information content (AvgIpc) is 2.34. The number of hydrogen-bond acceptors (Lipinski definition) is 4. The molecule has 1 atom stereocenters. The molecule has 0 saturated carbocycles. The number of ether oxygens (including phenoxy) is 1. The Balaban J connectivity index is 2.17. The van der Waals surface area contributed by atoms with Crippen LogP contribution in [0.5, 0.6) is 0 Å². The van der Waals surface area contributed by atoms with E-state index in [0.717, 1.165) is 12.1 Å². The number of halogens is 1. The van der Waals surface area contributed by atoms with Crippen LogP contribution in [0.3, 0.4) is 0 Å². The quantitative estimate of drug-likeness (QED) is 0.728. The molecule has 1 heterocycles. The van der Waals surface area contributed by atoms with E-state index in [1.54, 1.807) is 6.07 Å². The third-order valence-corrected chi connectivity index (χ3v) is 3.26. The van der Waals surface area contributed by atoms with Gasteiger partial charge in [-0.1, -0.05) is 6.07 Å². The van der Waals surface area contributed by atoms with Crippen molar-refractivity contribution in [1.29, 1.82) is 0 Å². The van der Waals surface area contributed by atoms with Crippen molar-refractivity contribution in [2.45, 2.75) is 19.5 Å².